The second-order valence-corrected chi connectivity index (χ2v) is 6.31. The number of primary amides is 1. The molecule has 1 fully saturated rings. The van der Waals surface area contributed by atoms with Crippen LogP contribution in [0.3, 0.4) is 0 Å². The normalized spacial score (nSPS) is 15.7. The standard InChI is InChI=1S/C17H16ClF3N2O3/c18-12-9-11(3-5-13(12)26-10-17(19,20)21)4-6-14(24)23-16(15(22)25)7-1-2-8-16/h3,5,9H,1-2,7-8,10H2,(H2,22,25)(H,23,24). The lowest BCUT2D eigenvalue weighted by molar-refractivity contribution is -0.153. The molecule has 2 amide bonds. The number of nitrogens with one attached hydrogen (secondary N) is 1. The Morgan fingerprint density at radius 2 is 1.96 bits per heavy atom. The van der Waals surface area contributed by atoms with Crippen LogP contribution >= 0.6 is 11.6 Å². The molecule has 9 heteroatoms. The van der Waals surface area contributed by atoms with Gasteiger partial charge in [0, 0.05) is 11.5 Å². The molecule has 1 saturated carbocycles. The van der Waals surface area contributed by atoms with Crippen LogP contribution in [-0.2, 0) is 9.59 Å². The molecule has 0 saturated heterocycles. The van der Waals surface area contributed by atoms with E-state index >= 15 is 0 Å². The van der Waals surface area contributed by atoms with Crippen molar-refractivity contribution < 1.29 is 27.5 Å². The number of alkyl halides is 3. The highest BCUT2D eigenvalue weighted by Crippen LogP contribution is 2.29. The van der Waals surface area contributed by atoms with Gasteiger partial charge in [0.25, 0.3) is 5.91 Å². The molecule has 0 unspecified atom stereocenters. The van der Waals surface area contributed by atoms with Gasteiger partial charge in [-0.1, -0.05) is 30.4 Å². The van der Waals surface area contributed by atoms with Crippen LogP contribution in [0.15, 0.2) is 18.2 Å². The van der Waals surface area contributed by atoms with Crippen LogP contribution in [0.1, 0.15) is 31.2 Å². The average Bonchev–Trinajstić information content (AvgIpc) is 3.01. The SMILES string of the molecule is NC(=O)C1(NC(=O)C#Cc2ccc(OCC(F)(F)F)c(Cl)c2)CCCC1. The molecular weight excluding hydrogens is 373 g/mol. The van der Waals surface area contributed by atoms with E-state index in [1.807, 2.05) is 0 Å². The largest absolute Gasteiger partial charge is 0.483 e. The van der Waals surface area contributed by atoms with Crippen LogP contribution in [0.4, 0.5) is 13.2 Å². The van der Waals surface area contributed by atoms with Crippen LogP contribution < -0.4 is 15.8 Å². The molecule has 0 heterocycles. The van der Waals surface area contributed by atoms with Crippen molar-refractivity contribution in [3.63, 3.8) is 0 Å². The molecule has 0 aromatic heterocycles. The zero-order valence-electron chi connectivity index (χ0n) is 13.6. The van der Waals surface area contributed by atoms with E-state index in [2.05, 4.69) is 21.9 Å². The highest BCUT2D eigenvalue weighted by atomic mass is 35.5. The second-order valence-electron chi connectivity index (χ2n) is 5.91. The summed E-state index contributed by atoms with van der Waals surface area (Å²) in [6.45, 7) is -1.46. The zero-order valence-corrected chi connectivity index (χ0v) is 14.3. The van der Waals surface area contributed by atoms with Gasteiger partial charge in [-0.05, 0) is 31.0 Å². The van der Waals surface area contributed by atoms with Gasteiger partial charge in [0.15, 0.2) is 6.61 Å². The fourth-order valence-corrected chi connectivity index (χ4v) is 2.88. The van der Waals surface area contributed by atoms with Crippen LogP contribution in [0, 0.1) is 11.8 Å². The lowest BCUT2D eigenvalue weighted by Gasteiger charge is -2.25. The van der Waals surface area contributed by atoms with Crippen molar-refractivity contribution in [2.45, 2.75) is 37.4 Å². The number of hydrogen-bond acceptors (Lipinski definition) is 3. The van der Waals surface area contributed by atoms with E-state index in [0.717, 1.165) is 12.8 Å². The number of hydrogen-bond donors (Lipinski definition) is 2. The molecule has 1 aromatic rings. The molecule has 0 spiro atoms. The highest BCUT2D eigenvalue weighted by Gasteiger charge is 2.40. The summed E-state index contributed by atoms with van der Waals surface area (Å²) in [6, 6.07) is 3.89. The van der Waals surface area contributed by atoms with E-state index in [1.165, 1.54) is 18.2 Å². The van der Waals surface area contributed by atoms with Gasteiger partial charge in [-0.2, -0.15) is 13.2 Å². The maximum Gasteiger partial charge on any atom is 0.422 e. The smallest absolute Gasteiger partial charge is 0.422 e. The molecule has 2 rings (SSSR count). The Kier molecular flexibility index (Phi) is 6.03. The van der Waals surface area contributed by atoms with Gasteiger partial charge < -0.3 is 15.8 Å². The topological polar surface area (TPSA) is 81.4 Å². The molecule has 0 aliphatic heterocycles. The summed E-state index contributed by atoms with van der Waals surface area (Å²) in [5.74, 6) is 3.45. The first-order valence-electron chi connectivity index (χ1n) is 7.74. The number of carbonyl (C=O) groups excluding carboxylic acids is 2. The quantitative estimate of drug-likeness (QED) is 0.778. The van der Waals surface area contributed by atoms with Gasteiger partial charge >= 0.3 is 6.18 Å². The van der Waals surface area contributed by atoms with Gasteiger partial charge in [-0.25, -0.2) is 0 Å². The Hall–Kier alpha value is -2.40. The van der Waals surface area contributed by atoms with E-state index in [1.54, 1.807) is 0 Å². The minimum atomic E-state index is -4.48. The summed E-state index contributed by atoms with van der Waals surface area (Å²) in [5.41, 5.74) is 4.61. The van der Waals surface area contributed by atoms with Gasteiger partial charge in [0.05, 0.1) is 5.02 Å². The van der Waals surface area contributed by atoms with E-state index in [0.29, 0.717) is 18.4 Å². The zero-order chi connectivity index (χ0) is 19.4. The van der Waals surface area contributed by atoms with Crippen molar-refractivity contribution in [1.29, 1.82) is 0 Å². The highest BCUT2D eigenvalue weighted by molar-refractivity contribution is 6.32. The third kappa shape index (κ3) is 5.30. The van der Waals surface area contributed by atoms with Gasteiger partial charge in [0.2, 0.25) is 5.91 Å². The van der Waals surface area contributed by atoms with Crippen molar-refractivity contribution in [2.24, 2.45) is 5.73 Å². The second kappa shape index (κ2) is 7.87. The molecular formula is C17H16ClF3N2O3. The summed E-state index contributed by atoms with van der Waals surface area (Å²) in [7, 11) is 0. The summed E-state index contributed by atoms with van der Waals surface area (Å²) in [6.07, 6.45) is -1.98. The van der Waals surface area contributed by atoms with Crippen molar-refractivity contribution in [1.82, 2.24) is 5.32 Å². The molecule has 0 radical (unpaired) electrons. The molecule has 1 aliphatic carbocycles. The monoisotopic (exact) mass is 388 g/mol. The van der Waals surface area contributed by atoms with E-state index in [-0.39, 0.29) is 10.8 Å². The average molecular weight is 389 g/mol. The molecule has 0 atom stereocenters. The van der Waals surface area contributed by atoms with Gasteiger partial charge in [-0.15, -0.1) is 0 Å². The van der Waals surface area contributed by atoms with Crippen LogP contribution in [0.25, 0.3) is 0 Å². The Bertz CT molecular complexity index is 763. The lowest BCUT2D eigenvalue weighted by atomic mass is 9.97. The predicted octanol–water partition coefficient (Wildman–Crippen LogP) is 2.55. The molecule has 26 heavy (non-hydrogen) atoms. The lowest BCUT2D eigenvalue weighted by Crippen LogP contribution is -2.55. The molecule has 5 nitrogen and oxygen atoms in total. The van der Waals surface area contributed by atoms with Gasteiger partial charge in [-0.3, -0.25) is 9.59 Å². The molecule has 3 N–H and O–H groups in total. The minimum absolute atomic E-state index is 0.0640. The third-order valence-electron chi connectivity index (χ3n) is 3.93. The Labute approximate surface area is 153 Å². The number of nitrogens with two attached hydrogens (primary N) is 1. The molecule has 1 aromatic carbocycles. The van der Waals surface area contributed by atoms with E-state index < -0.39 is 30.1 Å². The van der Waals surface area contributed by atoms with Crippen LogP contribution in [0.5, 0.6) is 5.75 Å². The van der Waals surface area contributed by atoms with Crippen molar-refractivity contribution >= 4 is 23.4 Å². The summed E-state index contributed by atoms with van der Waals surface area (Å²) in [4.78, 5) is 23.6. The molecule has 0 bridgehead atoms. The minimum Gasteiger partial charge on any atom is -0.483 e. The predicted molar refractivity (Wildman–Crippen MR) is 88.4 cm³/mol. The number of halogens is 4. The Balaban J connectivity index is 2.04. The number of carbonyl (C=O) groups is 2. The van der Waals surface area contributed by atoms with Crippen molar-refractivity contribution in [3.8, 4) is 17.6 Å². The molecule has 140 valence electrons. The molecule has 1 aliphatic rings. The first kappa shape index (κ1) is 19.9. The number of rotatable bonds is 4. The maximum atomic E-state index is 12.1. The summed E-state index contributed by atoms with van der Waals surface area (Å²) < 4.78 is 41.0. The first-order chi connectivity index (χ1) is 12.1. The summed E-state index contributed by atoms with van der Waals surface area (Å²) in [5, 5.41) is 2.49. The third-order valence-corrected chi connectivity index (χ3v) is 4.22. The van der Waals surface area contributed by atoms with Crippen LogP contribution in [-0.4, -0.2) is 30.1 Å². The maximum absolute atomic E-state index is 12.1. The number of amides is 2. The Morgan fingerprint density at radius 1 is 1.31 bits per heavy atom. The number of ether oxygens (including phenoxy) is 1. The fraction of sp³-hybridized carbons (Fsp3) is 0.412. The Morgan fingerprint density at radius 3 is 2.50 bits per heavy atom. The van der Waals surface area contributed by atoms with Gasteiger partial charge in [0.1, 0.15) is 11.3 Å². The van der Waals surface area contributed by atoms with E-state index in [4.69, 9.17) is 17.3 Å². The number of benzene rings is 1. The van der Waals surface area contributed by atoms with Crippen molar-refractivity contribution in [3.05, 3.63) is 28.8 Å². The first-order valence-corrected chi connectivity index (χ1v) is 8.12. The van der Waals surface area contributed by atoms with Crippen LogP contribution in [0.2, 0.25) is 5.02 Å². The summed E-state index contributed by atoms with van der Waals surface area (Å²) >= 11 is 5.85. The van der Waals surface area contributed by atoms with E-state index in [9.17, 15) is 22.8 Å². The van der Waals surface area contributed by atoms with Crippen molar-refractivity contribution in [2.75, 3.05) is 6.61 Å². The fourth-order valence-electron chi connectivity index (χ4n) is 2.64.